The minimum atomic E-state index is -0.507. The van der Waals surface area contributed by atoms with Gasteiger partial charge in [0.15, 0.2) is 0 Å². The summed E-state index contributed by atoms with van der Waals surface area (Å²) in [6.45, 7) is 5.64. The summed E-state index contributed by atoms with van der Waals surface area (Å²) in [5.74, 6) is 0.703. The number of ether oxygens (including phenoxy) is 1. The highest BCUT2D eigenvalue weighted by atomic mass is 32.2. The molecule has 0 radical (unpaired) electrons. The average Bonchev–Trinajstić information content (AvgIpc) is 2.60. The normalized spacial score (nSPS) is 11.7. The first kappa shape index (κ1) is 17.2. The van der Waals surface area contributed by atoms with Crippen LogP contribution in [-0.2, 0) is 15.3 Å². The number of thioether (sulfide) groups is 1. The molecule has 2 aromatic rings. The molecule has 2 rings (SSSR count). The van der Waals surface area contributed by atoms with E-state index in [2.05, 4.69) is 22.9 Å². The number of nitrogens with zero attached hydrogens (tertiary/aromatic N) is 1. The van der Waals surface area contributed by atoms with Gasteiger partial charge in [-0.15, -0.1) is 18.3 Å². The molecule has 0 aliphatic rings. The van der Waals surface area contributed by atoms with Crippen LogP contribution in [0.5, 0.6) is 0 Å². The quantitative estimate of drug-likeness (QED) is 0.590. The fourth-order valence-electron chi connectivity index (χ4n) is 1.82. The second-order valence-corrected chi connectivity index (χ2v) is 5.98. The highest BCUT2D eigenvalue weighted by Gasteiger charge is 2.12. The van der Waals surface area contributed by atoms with Crippen LogP contribution in [0, 0.1) is 0 Å². The smallest absolute Gasteiger partial charge is 0.253 e. The van der Waals surface area contributed by atoms with E-state index < -0.39 is 6.10 Å². The van der Waals surface area contributed by atoms with Gasteiger partial charge in [0.2, 0.25) is 0 Å². The Morgan fingerprint density at radius 1 is 1.39 bits per heavy atom. The van der Waals surface area contributed by atoms with Crippen LogP contribution >= 0.6 is 11.8 Å². The third-order valence-corrected chi connectivity index (χ3v) is 4.17. The van der Waals surface area contributed by atoms with Crippen molar-refractivity contribution >= 4 is 23.4 Å². The zero-order valence-corrected chi connectivity index (χ0v) is 13.9. The van der Waals surface area contributed by atoms with Crippen molar-refractivity contribution in [3.63, 3.8) is 0 Å². The lowest BCUT2D eigenvalue weighted by atomic mass is 10.3. The van der Waals surface area contributed by atoms with Crippen LogP contribution in [0.3, 0.4) is 0 Å². The fraction of sp³-hybridized carbons (Fsp3) is 0.222. The number of amides is 1. The Morgan fingerprint density at radius 2 is 2.17 bits per heavy atom. The maximum atomic E-state index is 11.9. The van der Waals surface area contributed by atoms with Gasteiger partial charge in [-0.25, -0.2) is 0 Å². The van der Waals surface area contributed by atoms with Gasteiger partial charge in [0.25, 0.3) is 5.91 Å². The summed E-state index contributed by atoms with van der Waals surface area (Å²) in [6, 6.07) is 11.8. The third kappa shape index (κ3) is 5.88. The van der Waals surface area contributed by atoms with Crippen molar-refractivity contribution in [1.82, 2.24) is 4.98 Å². The number of hydrogen-bond acceptors (Lipinski definition) is 4. The van der Waals surface area contributed by atoms with E-state index in [4.69, 9.17) is 4.74 Å². The number of aromatic nitrogens is 1. The molecule has 0 aliphatic heterocycles. The molecule has 0 saturated carbocycles. The summed E-state index contributed by atoms with van der Waals surface area (Å²) in [4.78, 5) is 17.2. The summed E-state index contributed by atoms with van der Waals surface area (Å²) in [6.07, 6.45) is 4.75. The molecule has 1 amide bonds. The summed E-state index contributed by atoms with van der Waals surface area (Å²) >= 11 is 1.73. The highest BCUT2D eigenvalue weighted by molar-refractivity contribution is 7.98. The van der Waals surface area contributed by atoms with Crippen molar-refractivity contribution in [2.45, 2.75) is 23.7 Å². The predicted octanol–water partition coefficient (Wildman–Crippen LogP) is 3.90. The zero-order valence-electron chi connectivity index (χ0n) is 13.1. The van der Waals surface area contributed by atoms with Crippen LogP contribution in [0.2, 0.25) is 0 Å². The number of rotatable bonds is 8. The number of carbonyl (C=O) groups excluding carboxylic acids is 1. The standard InChI is InChI=1S/C18H20N2O2S/c1-3-11-22-14(2)18(21)20-16-6-8-17(9-7-16)23-13-15-5-4-10-19-12-15/h3-10,12,14H,1,11,13H2,2H3,(H,20,21). The van der Waals surface area contributed by atoms with Crippen LogP contribution in [0.1, 0.15) is 12.5 Å². The van der Waals surface area contributed by atoms with Crippen molar-refractivity contribution in [3.8, 4) is 0 Å². The minimum absolute atomic E-state index is 0.164. The summed E-state index contributed by atoms with van der Waals surface area (Å²) in [5.41, 5.74) is 1.94. The van der Waals surface area contributed by atoms with E-state index in [-0.39, 0.29) is 5.91 Å². The Labute approximate surface area is 141 Å². The average molecular weight is 328 g/mol. The van der Waals surface area contributed by atoms with Gasteiger partial charge < -0.3 is 10.1 Å². The zero-order chi connectivity index (χ0) is 16.5. The Morgan fingerprint density at radius 3 is 2.83 bits per heavy atom. The molecule has 0 fully saturated rings. The lowest BCUT2D eigenvalue weighted by Gasteiger charge is -2.12. The molecule has 1 N–H and O–H groups in total. The lowest BCUT2D eigenvalue weighted by molar-refractivity contribution is -0.125. The number of pyridine rings is 1. The highest BCUT2D eigenvalue weighted by Crippen LogP contribution is 2.24. The Kier molecular flexibility index (Phi) is 6.84. The number of benzene rings is 1. The minimum Gasteiger partial charge on any atom is -0.365 e. The van der Waals surface area contributed by atoms with Gasteiger partial charge in [-0.1, -0.05) is 12.1 Å². The van der Waals surface area contributed by atoms with E-state index in [0.29, 0.717) is 6.61 Å². The SMILES string of the molecule is C=CCOC(C)C(=O)Nc1ccc(SCc2cccnc2)cc1. The molecule has 4 nitrogen and oxygen atoms in total. The van der Waals surface area contributed by atoms with Gasteiger partial charge in [0.1, 0.15) is 6.10 Å². The molecule has 1 aromatic carbocycles. The van der Waals surface area contributed by atoms with Crippen LogP contribution < -0.4 is 5.32 Å². The topological polar surface area (TPSA) is 51.2 Å². The van der Waals surface area contributed by atoms with Gasteiger partial charge in [-0.3, -0.25) is 9.78 Å². The van der Waals surface area contributed by atoms with Gasteiger partial charge >= 0.3 is 0 Å². The van der Waals surface area contributed by atoms with Gasteiger partial charge in [-0.2, -0.15) is 0 Å². The van der Waals surface area contributed by atoms with Crippen molar-refractivity contribution in [2.24, 2.45) is 0 Å². The first-order valence-corrected chi connectivity index (χ1v) is 8.32. The molecule has 1 unspecified atom stereocenters. The second kappa shape index (κ2) is 9.12. The number of anilines is 1. The second-order valence-electron chi connectivity index (χ2n) is 4.93. The van der Waals surface area contributed by atoms with E-state index >= 15 is 0 Å². The van der Waals surface area contributed by atoms with Crippen molar-refractivity contribution in [3.05, 3.63) is 67.0 Å². The first-order valence-electron chi connectivity index (χ1n) is 7.34. The lowest BCUT2D eigenvalue weighted by Crippen LogP contribution is -2.27. The van der Waals surface area contributed by atoms with E-state index in [9.17, 15) is 4.79 Å². The maximum Gasteiger partial charge on any atom is 0.253 e. The molecule has 0 spiro atoms. The maximum absolute atomic E-state index is 11.9. The van der Waals surface area contributed by atoms with E-state index in [1.54, 1.807) is 31.0 Å². The molecular weight excluding hydrogens is 308 g/mol. The monoisotopic (exact) mass is 328 g/mol. The van der Waals surface area contributed by atoms with Gasteiger partial charge in [-0.05, 0) is 42.8 Å². The number of hydrogen-bond donors (Lipinski definition) is 1. The van der Waals surface area contributed by atoms with Crippen molar-refractivity contribution in [1.29, 1.82) is 0 Å². The molecular formula is C18H20N2O2S. The fourth-order valence-corrected chi connectivity index (χ4v) is 2.65. The van der Waals surface area contributed by atoms with Crippen molar-refractivity contribution in [2.75, 3.05) is 11.9 Å². The van der Waals surface area contributed by atoms with Crippen LogP contribution in [-0.4, -0.2) is 23.6 Å². The molecule has 1 aromatic heterocycles. The van der Waals surface area contributed by atoms with Crippen molar-refractivity contribution < 1.29 is 9.53 Å². The Balaban J connectivity index is 1.84. The molecule has 23 heavy (non-hydrogen) atoms. The molecule has 1 heterocycles. The summed E-state index contributed by atoms with van der Waals surface area (Å²) in [5, 5.41) is 2.83. The predicted molar refractivity (Wildman–Crippen MR) is 94.5 cm³/mol. The van der Waals surface area contributed by atoms with E-state index in [1.165, 1.54) is 5.56 Å². The molecule has 0 bridgehead atoms. The molecule has 0 aliphatic carbocycles. The summed E-state index contributed by atoms with van der Waals surface area (Å²) in [7, 11) is 0. The first-order chi connectivity index (χ1) is 11.2. The summed E-state index contributed by atoms with van der Waals surface area (Å²) < 4.78 is 5.30. The number of carbonyl (C=O) groups is 1. The molecule has 1 atom stereocenters. The Bertz CT molecular complexity index is 629. The Hall–Kier alpha value is -2.11. The van der Waals surface area contributed by atoms with E-state index in [0.717, 1.165) is 16.3 Å². The van der Waals surface area contributed by atoms with Crippen LogP contribution in [0.4, 0.5) is 5.69 Å². The van der Waals surface area contributed by atoms with E-state index in [1.807, 2.05) is 36.5 Å². The van der Waals surface area contributed by atoms with Crippen LogP contribution in [0.15, 0.2) is 66.3 Å². The molecule has 0 saturated heterocycles. The van der Waals surface area contributed by atoms with Gasteiger partial charge in [0, 0.05) is 28.7 Å². The third-order valence-electron chi connectivity index (χ3n) is 3.08. The molecule has 5 heteroatoms. The largest absolute Gasteiger partial charge is 0.365 e. The van der Waals surface area contributed by atoms with Gasteiger partial charge in [0.05, 0.1) is 6.61 Å². The molecule has 120 valence electrons. The number of nitrogens with one attached hydrogen (secondary N) is 1. The van der Waals surface area contributed by atoms with Crippen LogP contribution in [0.25, 0.3) is 0 Å².